The van der Waals surface area contributed by atoms with Crippen LogP contribution in [0.2, 0.25) is 0 Å². The zero-order valence-corrected chi connectivity index (χ0v) is 40.6. The number of nitrogens with zero attached hydrogens (tertiary/aromatic N) is 4. The Kier molecular flexibility index (Phi) is 9.44. The number of benzene rings is 2. The molecule has 2 aromatic carbocycles. The van der Waals surface area contributed by atoms with Gasteiger partial charge in [0.2, 0.25) is 0 Å². The molecule has 348 valence electrons. The van der Waals surface area contributed by atoms with Crippen molar-refractivity contribution in [3.63, 3.8) is 0 Å². The Morgan fingerprint density at radius 1 is 0.686 bits per heavy atom. The highest BCUT2D eigenvalue weighted by molar-refractivity contribution is 5.95. The molecule has 0 saturated heterocycles. The van der Waals surface area contributed by atoms with Gasteiger partial charge in [-0.3, -0.25) is 0 Å². The Bertz CT molecular complexity index is 3290. The maximum atomic E-state index is 4.51. The van der Waals surface area contributed by atoms with Crippen molar-refractivity contribution in [1.29, 1.82) is 0 Å². The Labute approximate surface area is 414 Å². The summed E-state index contributed by atoms with van der Waals surface area (Å²) in [6.45, 7) is 4.51. The molecule has 0 N–H and O–H groups in total. The van der Waals surface area contributed by atoms with Crippen molar-refractivity contribution in [2.24, 2.45) is 11.8 Å². The molecule has 1 spiro atoms. The van der Waals surface area contributed by atoms with Gasteiger partial charge in [-0.2, -0.15) is 0 Å². The smallest absolute Gasteiger partial charge is 0.0608 e. The van der Waals surface area contributed by atoms with Gasteiger partial charge in [-0.05, 0) is 214 Å². The first-order chi connectivity index (χ1) is 34.6. The van der Waals surface area contributed by atoms with Crippen LogP contribution in [0.5, 0.6) is 0 Å². The maximum Gasteiger partial charge on any atom is 0.0608 e. The molecular formula is C66H64N4. The van der Waals surface area contributed by atoms with Gasteiger partial charge >= 0.3 is 0 Å². The third-order valence-electron chi connectivity index (χ3n) is 18.9. The fraction of sp³-hybridized carbons (Fsp3) is 0.333. The topological polar surface area (TPSA) is 14.7 Å². The molecule has 0 radical (unpaired) electrons. The van der Waals surface area contributed by atoms with E-state index in [0.717, 1.165) is 63.4 Å². The van der Waals surface area contributed by atoms with Gasteiger partial charge in [0.25, 0.3) is 0 Å². The molecule has 0 saturated carbocycles. The lowest BCUT2D eigenvalue weighted by Crippen LogP contribution is -2.47. The van der Waals surface area contributed by atoms with Gasteiger partial charge in [0.05, 0.1) is 23.3 Å². The summed E-state index contributed by atoms with van der Waals surface area (Å²) in [6.07, 6.45) is 64.3. The van der Waals surface area contributed by atoms with E-state index in [1.165, 1.54) is 118 Å². The van der Waals surface area contributed by atoms with Crippen molar-refractivity contribution in [2.75, 3.05) is 4.90 Å². The Hall–Kier alpha value is -6.52. The highest BCUT2D eigenvalue weighted by Crippen LogP contribution is 2.60. The van der Waals surface area contributed by atoms with Crippen molar-refractivity contribution >= 4 is 33.9 Å². The van der Waals surface area contributed by atoms with Crippen LogP contribution >= 0.6 is 0 Å². The van der Waals surface area contributed by atoms with Gasteiger partial charge < -0.3 is 19.3 Å². The summed E-state index contributed by atoms with van der Waals surface area (Å²) in [7, 11) is 0. The first-order valence-corrected chi connectivity index (χ1v) is 27.2. The van der Waals surface area contributed by atoms with Gasteiger partial charge in [-0.1, -0.05) is 91.6 Å². The molecule has 4 nitrogen and oxygen atoms in total. The predicted octanol–water partition coefficient (Wildman–Crippen LogP) is 15.8. The molecule has 0 amide bonds. The average molecular weight is 913 g/mol. The molecule has 3 aromatic rings. The monoisotopic (exact) mass is 913 g/mol. The molecule has 4 heteroatoms. The number of rotatable bonds is 4. The average Bonchev–Trinajstić information content (AvgIpc) is 4.05. The van der Waals surface area contributed by atoms with Crippen molar-refractivity contribution in [2.45, 2.75) is 126 Å². The molecule has 5 aliphatic heterocycles. The van der Waals surface area contributed by atoms with Crippen molar-refractivity contribution < 1.29 is 0 Å². The van der Waals surface area contributed by atoms with Crippen molar-refractivity contribution in [1.82, 2.24) is 14.4 Å². The summed E-state index contributed by atoms with van der Waals surface area (Å²) in [5, 5.41) is 1.40. The summed E-state index contributed by atoms with van der Waals surface area (Å²) in [5.41, 5.74) is 24.3. The summed E-state index contributed by atoms with van der Waals surface area (Å²) in [4.78, 5) is 8.15. The minimum atomic E-state index is 0.0618. The minimum absolute atomic E-state index is 0.0618. The lowest BCUT2D eigenvalue weighted by molar-refractivity contribution is 0.173. The van der Waals surface area contributed by atoms with Crippen LogP contribution in [0.3, 0.4) is 0 Å². The van der Waals surface area contributed by atoms with E-state index in [0.29, 0.717) is 29.8 Å². The predicted molar refractivity (Wildman–Crippen MR) is 290 cm³/mol. The number of fused-ring (bicyclic) bond motifs is 4. The first-order valence-electron chi connectivity index (χ1n) is 27.2. The third kappa shape index (κ3) is 6.07. The fourth-order valence-electron chi connectivity index (χ4n) is 15.8. The molecule has 6 heterocycles. The molecular weight excluding hydrogens is 849 g/mol. The number of aromatic nitrogens is 1. The second-order valence-corrected chi connectivity index (χ2v) is 22.2. The van der Waals surface area contributed by atoms with E-state index in [2.05, 4.69) is 178 Å². The number of aryl methyl sites for hydroxylation is 1. The Balaban J connectivity index is 0.872. The normalized spacial score (nSPS) is 30.9. The van der Waals surface area contributed by atoms with Gasteiger partial charge in [0.1, 0.15) is 0 Å². The number of allylic oxidation sites excluding steroid dienone is 22. The lowest BCUT2D eigenvalue weighted by Gasteiger charge is -2.49. The summed E-state index contributed by atoms with van der Waals surface area (Å²) < 4.78 is 2.65. The second-order valence-electron chi connectivity index (χ2n) is 22.2. The van der Waals surface area contributed by atoms with E-state index >= 15 is 0 Å². The van der Waals surface area contributed by atoms with Crippen LogP contribution in [0.25, 0.3) is 28.2 Å². The van der Waals surface area contributed by atoms with Crippen molar-refractivity contribution in [3.8, 4) is 0 Å². The van der Waals surface area contributed by atoms with Gasteiger partial charge in [-0.15, -0.1) is 0 Å². The molecule has 6 atom stereocenters. The standard InChI is InChI=1S/C66H64N4/c1-43-15-10-13-38-67(58-21-8-6-18-51(43)58)49-30-32-52-55-39-45(44-16-4-2-5-17-44)24-34-60(55)68(63(52)41-49)47-26-28-48(29-27-47)69-61-35-25-46-40-56(61)53-33-31-50(42-64(53)69)70-59-22-9-7-19-54(59)65-57(20-14-23-62(65)70)66(46)36-11-3-12-37-66/h4,8-11,13-17,21-26,28,34-36,38-42,53,57,62,64-65H,1-3,5-7,12,18-20,27,29-33,37H2/b15-10-,38-13-/t53?,57?,62?,64?,65?,66-/m0/s1. The number of hydrogen-bond acceptors (Lipinski definition) is 3. The van der Waals surface area contributed by atoms with Crippen molar-refractivity contribution in [3.05, 3.63) is 226 Å². The molecule has 13 aliphatic rings. The zero-order valence-electron chi connectivity index (χ0n) is 40.6. The van der Waals surface area contributed by atoms with Crippen LogP contribution in [-0.2, 0) is 11.8 Å². The quantitative estimate of drug-likeness (QED) is 0.242. The Morgan fingerprint density at radius 2 is 1.57 bits per heavy atom. The number of hydrogen-bond donors (Lipinski definition) is 0. The van der Waals surface area contributed by atoms with Gasteiger partial charge in [0.15, 0.2) is 0 Å². The lowest BCUT2D eigenvalue weighted by atomic mass is 9.56. The maximum absolute atomic E-state index is 4.51. The van der Waals surface area contributed by atoms with E-state index in [1.54, 1.807) is 22.4 Å². The van der Waals surface area contributed by atoms with E-state index in [1.807, 2.05) is 0 Å². The van der Waals surface area contributed by atoms with Crippen LogP contribution in [-0.4, -0.2) is 26.5 Å². The molecule has 5 unspecified atom stereocenters. The highest BCUT2D eigenvalue weighted by atomic mass is 15.2. The molecule has 0 fully saturated rings. The molecule has 16 rings (SSSR count). The summed E-state index contributed by atoms with van der Waals surface area (Å²) >= 11 is 0. The molecule has 9 bridgehead atoms. The SMILES string of the molecule is C=C1/C=C\C=C/N(C2=Cc3c(c4cc(C5=CCCC=C5)ccc4n3C3=CC=C(N4c5ccc6cc5C5CCC(=CC54)N4C5=C(CCC=C5)C5C4C=CCC5[C@]64C=CCCC4)CC3)CC2)C2=C1CCC=C2. The molecule has 8 aliphatic carbocycles. The largest absolute Gasteiger partial charge is 0.338 e. The summed E-state index contributed by atoms with van der Waals surface area (Å²) in [6, 6.07) is 15.9. The second kappa shape index (κ2) is 16.0. The first kappa shape index (κ1) is 41.3. The van der Waals surface area contributed by atoms with Gasteiger partial charge in [0, 0.05) is 68.7 Å². The van der Waals surface area contributed by atoms with Crippen LogP contribution in [0.4, 0.5) is 5.69 Å². The van der Waals surface area contributed by atoms with E-state index in [4.69, 9.17) is 0 Å². The highest BCUT2D eigenvalue weighted by Gasteiger charge is 2.54. The van der Waals surface area contributed by atoms with Crippen LogP contribution in [0.1, 0.15) is 130 Å². The van der Waals surface area contributed by atoms with E-state index in [-0.39, 0.29) is 5.41 Å². The van der Waals surface area contributed by atoms with Crippen LogP contribution < -0.4 is 4.90 Å². The molecule has 1 aromatic heterocycles. The van der Waals surface area contributed by atoms with E-state index < -0.39 is 0 Å². The fourth-order valence-corrected chi connectivity index (χ4v) is 15.8. The van der Waals surface area contributed by atoms with Crippen LogP contribution in [0, 0.1) is 11.8 Å². The van der Waals surface area contributed by atoms with E-state index in [9.17, 15) is 0 Å². The van der Waals surface area contributed by atoms with Crippen LogP contribution in [0.15, 0.2) is 198 Å². The minimum Gasteiger partial charge on any atom is -0.338 e. The Morgan fingerprint density at radius 3 is 2.46 bits per heavy atom. The summed E-state index contributed by atoms with van der Waals surface area (Å²) in [5.74, 6) is 1.62. The number of anilines is 1. The molecule has 70 heavy (non-hydrogen) atoms. The third-order valence-corrected chi connectivity index (χ3v) is 18.9. The van der Waals surface area contributed by atoms with Gasteiger partial charge in [-0.25, -0.2) is 0 Å². The zero-order chi connectivity index (χ0) is 46.1.